The minimum absolute atomic E-state index is 0.0566. The van der Waals surface area contributed by atoms with Gasteiger partial charge in [-0.3, -0.25) is 24.5 Å². The number of carbonyl (C=O) groups excluding carboxylic acids is 5. The maximum Gasteiger partial charge on any atom is 0.325 e. The number of benzene rings is 4. The summed E-state index contributed by atoms with van der Waals surface area (Å²) in [5.41, 5.74) is 8.06. The van der Waals surface area contributed by atoms with Crippen molar-refractivity contribution in [1.82, 2.24) is 25.3 Å². The fraction of sp³-hybridized carbons (Fsp3) is 0.473. The largest absolute Gasteiger partial charge is 0.488 e. The number of likely N-dealkylation sites (tertiary alicyclic amines) is 2. The average molecular weight is 1020 g/mol. The number of nitrogens with one attached hydrogen (secondary N) is 2. The minimum atomic E-state index is -1.11. The number of nitrogens with zero attached hydrogens (tertiary/aromatic N) is 4. The summed E-state index contributed by atoms with van der Waals surface area (Å²) in [7, 11) is 1.74. The number of piperidine rings is 2. The first-order valence-electron chi connectivity index (χ1n) is 25.6. The number of fused-ring (bicyclic) bond motifs is 2. The maximum absolute atomic E-state index is 16.5. The van der Waals surface area contributed by atoms with Gasteiger partial charge in [0.1, 0.15) is 24.2 Å². The van der Waals surface area contributed by atoms with Crippen molar-refractivity contribution in [3.05, 3.63) is 111 Å². The molecule has 5 N–H and O–H groups in total. The third kappa shape index (κ3) is 9.31. The molecule has 4 fully saturated rings. The molecule has 15 nitrogen and oxygen atoms in total. The molecule has 0 spiro atoms. The van der Waals surface area contributed by atoms with Gasteiger partial charge in [0.25, 0.3) is 5.91 Å². The second kappa shape index (κ2) is 20.6. The van der Waals surface area contributed by atoms with Crippen LogP contribution in [0, 0.1) is 17.6 Å². The van der Waals surface area contributed by atoms with E-state index in [0.717, 1.165) is 94.4 Å². The van der Waals surface area contributed by atoms with Gasteiger partial charge in [-0.2, -0.15) is 0 Å². The Hall–Kier alpha value is -6.14. The molecule has 5 aliphatic heterocycles. The second-order valence-corrected chi connectivity index (χ2v) is 20.9. The quantitative estimate of drug-likeness (QED) is 0.107. The van der Waals surface area contributed by atoms with Crippen LogP contribution in [0.2, 0.25) is 5.02 Å². The normalized spacial score (nSPS) is 24.8. The molecule has 3 atom stereocenters. The number of hydrogen-bond acceptors (Lipinski definition) is 10. The summed E-state index contributed by atoms with van der Waals surface area (Å²) >= 11 is 6.73. The smallest absolute Gasteiger partial charge is 0.325 e. The lowest BCUT2D eigenvalue weighted by Gasteiger charge is -2.43. The first-order valence-corrected chi connectivity index (χ1v) is 26.0. The van der Waals surface area contributed by atoms with Gasteiger partial charge in [-0.05, 0) is 99.7 Å². The molecular weight excluding hydrogens is 960 g/mol. The topological polar surface area (TPSA) is 187 Å². The Balaban J connectivity index is 0.745. The van der Waals surface area contributed by atoms with Crippen LogP contribution in [0.15, 0.2) is 66.7 Å². The number of likely N-dealkylation sites (N-methyl/N-ethyl adjacent to an activating group) is 1. The first-order chi connectivity index (χ1) is 35.2. The number of halogens is 3. The summed E-state index contributed by atoms with van der Waals surface area (Å²) < 4.78 is 44.6. The Labute approximate surface area is 428 Å². The molecule has 1 aliphatic carbocycles. The molecule has 73 heavy (non-hydrogen) atoms. The van der Waals surface area contributed by atoms with Crippen molar-refractivity contribution in [2.24, 2.45) is 11.7 Å². The van der Waals surface area contributed by atoms with Gasteiger partial charge < -0.3 is 45.2 Å². The molecule has 10 rings (SSSR count). The van der Waals surface area contributed by atoms with E-state index >= 15 is 8.78 Å². The number of amides is 6. The summed E-state index contributed by atoms with van der Waals surface area (Å²) in [6.45, 7) is 5.16. The number of aliphatic hydroxyl groups excluding tert-OH is 1. The Morgan fingerprint density at radius 1 is 0.918 bits per heavy atom. The van der Waals surface area contributed by atoms with E-state index < -0.39 is 46.2 Å². The van der Waals surface area contributed by atoms with Crippen molar-refractivity contribution in [2.75, 3.05) is 64.4 Å². The second-order valence-electron chi connectivity index (χ2n) is 20.5. The number of aliphatic hydroxyl groups is 1. The molecule has 18 heteroatoms. The van der Waals surface area contributed by atoms with E-state index in [2.05, 4.69) is 32.6 Å². The van der Waals surface area contributed by atoms with E-state index in [1.165, 1.54) is 28.7 Å². The maximum atomic E-state index is 16.5. The number of rotatable bonds is 13. The lowest BCUT2D eigenvalue weighted by Crippen LogP contribution is -2.52. The van der Waals surface area contributed by atoms with Gasteiger partial charge in [0.05, 0.1) is 17.2 Å². The molecule has 0 bridgehead atoms. The van der Waals surface area contributed by atoms with Gasteiger partial charge in [-0.15, -0.1) is 0 Å². The first kappa shape index (κ1) is 50.4. The highest BCUT2D eigenvalue weighted by atomic mass is 35.5. The summed E-state index contributed by atoms with van der Waals surface area (Å²) in [6.07, 6.45) is 6.98. The monoisotopic (exact) mass is 1020 g/mol. The SMILES string of the molecule is CC1c2c(cc(F)c(Cl)c2-c2c(C(N)=O)ccc(OCCO)c2F)OC1(CNC1CCC(C(=O)N2CCC(N3CCC(c4ccc5c(c4)N(C)C(=O)C5N4CCC(=O)NC4=O)CC3)CC2)CC1)c1ccccc1. The number of carbonyl (C=O) groups is 5. The number of hydrogen-bond donors (Lipinski definition) is 4. The Morgan fingerprint density at radius 3 is 2.33 bits per heavy atom. The number of nitrogens with two attached hydrogens (primary N) is 1. The number of imide groups is 1. The molecule has 386 valence electrons. The zero-order chi connectivity index (χ0) is 51.3. The van der Waals surface area contributed by atoms with Crippen LogP contribution >= 0.6 is 11.6 Å². The fourth-order valence-electron chi connectivity index (χ4n) is 12.5. The lowest BCUT2D eigenvalue weighted by atomic mass is 9.77. The predicted octanol–water partition coefficient (Wildman–Crippen LogP) is 7.13. The van der Waals surface area contributed by atoms with E-state index in [1.807, 2.05) is 43.3 Å². The van der Waals surface area contributed by atoms with Gasteiger partial charge >= 0.3 is 6.03 Å². The molecule has 3 saturated heterocycles. The van der Waals surface area contributed by atoms with Gasteiger partial charge in [-0.1, -0.05) is 61.0 Å². The van der Waals surface area contributed by atoms with Gasteiger partial charge in [-0.25, -0.2) is 13.6 Å². The Kier molecular flexibility index (Phi) is 14.2. The van der Waals surface area contributed by atoms with Crippen LogP contribution in [0.25, 0.3) is 11.1 Å². The van der Waals surface area contributed by atoms with E-state index in [0.29, 0.717) is 24.1 Å². The summed E-state index contributed by atoms with van der Waals surface area (Å²) in [5.74, 6) is -3.47. The van der Waals surface area contributed by atoms with Crippen molar-refractivity contribution in [2.45, 2.75) is 100 Å². The van der Waals surface area contributed by atoms with Crippen LogP contribution in [0.1, 0.15) is 115 Å². The van der Waals surface area contributed by atoms with Crippen LogP contribution in [0.3, 0.4) is 0 Å². The van der Waals surface area contributed by atoms with Crippen molar-refractivity contribution < 1.29 is 47.3 Å². The zero-order valence-electron chi connectivity index (χ0n) is 41.1. The van der Waals surface area contributed by atoms with Gasteiger partial charge in [0.15, 0.2) is 17.2 Å². The third-order valence-electron chi connectivity index (χ3n) is 16.6. The highest BCUT2D eigenvalue weighted by molar-refractivity contribution is 6.34. The minimum Gasteiger partial charge on any atom is -0.488 e. The average Bonchev–Trinajstić information content (AvgIpc) is 3.82. The highest BCUT2D eigenvalue weighted by Crippen LogP contribution is 2.57. The van der Waals surface area contributed by atoms with E-state index in [4.69, 9.17) is 26.8 Å². The fourth-order valence-corrected chi connectivity index (χ4v) is 12.8. The molecule has 4 aromatic rings. The Bertz CT molecular complexity index is 2820. The molecule has 3 unspecified atom stereocenters. The molecule has 6 aliphatic rings. The third-order valence-corrected chi connectivity index (χ3v) is 16.9. The number of ether oxygens (including phenoxy) is 2. The van der Waals surface area contributed by atoms with Crippen LogP contribution in [0.5, 0.6) is 11.5 Å². The van der Waals surface area contributed by atoms with E-state index in [1.54, 1.807) is 11.9 Å². The molecule has 6 amide bonds. The molecule has 1 saturated carbocycles. The highest BCUT2D eigenvalue weighted by Gasteiger charge is 2.51. The molecule has 0 aromatic heterocycles. The van der Waals surface area contributed by atoms with Crippen LogP contribution in [-0.4, -0.2) is 121 Å². The Morgan fingerprint density at radius 2 is 1.64 bits per heavy atom. The van der Waals surface area contributed by atoms with Crippen molar-refractivity contribution >= 4 is 46.9 Å². The summed E-state index contributed by atoms with van der Waals surface area (Å²) in [6, 6.07) is 18.6. The van der Waals surface area contributed by atoms with Crippen LogP contribution < -0.4 is 30.7 Å². The molecular formula is C55H62ClF2N7O8. The van der Waals surface area contributed by atoms with Crippen molar-refractivity contribution in [1.29, 1.82) is 0 Å². The number of urea groups is 1. The van der Waals surface area contributed by atoms with E-state index in [9.17, 15) is 29.1 Å². The van der Waals surface area contributed by atoms with Crippen molar-refractivity contribution in [3.8, 4) is 22.6 Å². The number of anilines is 1. The summed E-state index contributed by atoms with van der Waals surface area (Å²) in [4.78, 5) is 72.3. The van der Waals surface area contributed by atoms with Crippen LogP contribution in [0.4, 0.5) is 19.3 Å². The van der Waals surface area contributed by atoms with Crippen molar-refractivity contribution in [3.63, 3.8) is 0 Å². The van der Waals surface area contributed by atoms with Crippen LogP contribution in [-0.2, 0) is 20.0 Å². The zero-order valence-corrected chi connectivity index (χ0v) is 41.9. The summed E-state index contributed by atoms with van der Waals surface area (Å²) in [5, 5.41) is 15.1. The molecule has 4 aromatic carbocycles. The molecule has 0 radical (unpaired) electrons. The predicted molar refractivity (Wildman–Crippen MR) is 269 cm³/mol. The standard InChI is InChI=1S/C55H62ClF2N7O8/c1-31-45-43(29-40(57)48(56)47(45)46-39(51(59)68)14-15-42(49(46)58)72-27-26-66)73-55(31,35-6-4-3-5-7-35)30-60-36-11-8-33(9-12-36)52(69)64-23-18-37(19-24-64)63-21-16-32(17-22-63)34-10-13-38-41(28-34)62(2)53(70)50(38)65-25-20-44(67)61-54(65)71/h3-7,10,13-15,28-29,31-33,36-37,50,60,66H,8-9,11-12,16-27,30H2,1-2H3,(H2,59,68)(H,61,67,71). The van der Waals surface area contributed by atoms with Gasteiger partial charge in [0, 0.05) is 97.6 Å². The molecule has 5 heterocycles. The van der Waals surface area contributed by atoms with E-state index in [-0.39, 0.29) is 84.1 Å². The lowest BCUT2D eigenvalue weighted by molar-refractivity contribution is -0.138. The number of primary amides is 1. The van der Waals surface area contributed by atoms with Gasteiger partial charge in [0.2, 0.25) is 17.7 Å².